The number of nitrogens with one attached hydrogen (secondary N) is 2. The molecule has 1 aliphatic heterocycles. The van der Waals surface area contributed by atoms with Gasteiger partial charge in [0.2, 0.25) is 5.91 Å². The van der Waals surface area contributed by atoms with Crippen LogP contribution in [0.1, 0.15) is 42.6 Å². The summed E-state index contributed by atoms with van der Waals surface area (Å²) in [5.74, 6) is -0.416. The van der Waals surface area contributed by atoms with Crippen LogP contribution in [-0.2, 0) is 4.79 Å². The van der Waals surface area contributed by atoms with Crippen LogP contribution in [0, 0.1) is 12.8 Å². The Morgan fingerprint density at radius 2 is 1.71 bits per heavy atom. The van der Waals surface area contributed by atoms with Gasteiger partial charge in [-0.2, -0.15) is 0 Å². The Morgan fingerprint density at radius 1 is 1.00 bits per heavy atom. The molecular formula is C27H37ClN4O2. The fourth-order valence-electron chi connectivity index (χ4n) is 4.20. The lowest BCUT2D eigenvalue weighted by molar-refractivity contribution is -0.123. The van der Waals surface area contributed by atoms with Crippen molar-refractivity contribution in [1.29, 1.82) is 0 Å². The normalized spacial score (nSPS) is 15.3. The molecule has 0 aliphatic carbocycles. The molecule has 1 fully saturated rings. The van der Waals surface area contributed by atoms with E-state index in [2.05, 4.69) is 51.6 Å². The summed E-state index contributed by atoms with van der Waals surface area (Å²) in [6.07, 6.45) is 1.95. The average molecular weight is 485 g/mol. The van der Waals surface area contributed by atoms with Gasteiger partial charge in [-0.3, -0.25) is 14.5 Å². The summed E-state index contributed by atoms with van der Waals surface area (Å²) >= 11 is 5.89. The van der Waals surface area contributed by atoms with Crippen LogP contribution in [0.4, 0.5) is 5.69 Å². The van der Waals surface area contributed by atoms with Crippen molar-refractivity contribution in [2.45, 2.75) is 39.7 Å². The highest BCUT2D eigenvalue weighted by molar-refractivity contribution is 6.30. The molecule has 1 heterocycles. The molecule has 2 amide bonds. The number of aryl methyl sites for hydroxylation is 1. The second kappa shape index (κ2) is 12.8. The molecule has 1 unspecified atom stereocenters. The van der Waals surface area contributed by atoms with Crippen molar-refractivity contribution in [1.82, 2.24) is 15.5 Å². The highest BCUT2D eigenvalue weighted by atomic mass is 35.5. The van der Waals surface area contributed by atoms with Crippen LogP contribution < -0.4 is 15.5 Å². The van der Waals surface area contributed by atoms with Crippen LogP contribution in [0.5, 0.6) is 0 Å². The summed E-state index contributed by atoms with van der Waals surface area (Å²) in [6.45, 7) is 11.9. The number of anilines is 1. The number of carbonyl (C=O) groups is 2. The van der Waals surface area contributed by atoms with Gasteiger partial charge in [-0.1, -0.05) is 37.6 Å². The third-order valence-corrected chi connectivity index (χ3v) is 6.53. The molecule has 6 nitrogen and oxygen atoms in total. The molecule has 0 radical (unpaired) electrons. The van der Waals surface area contributed by atoms with Gasteiger partial charge in [0.1, 0.15) is 6.04 Å². The molecule has 1 saturated heterocycles. The summed E-state index contributed by atoms with van der Waals surface area (Å²) in [7, 11) is 0. The maximum absolute atomic E-state index is 12.7. The first kappa shape index (κ1) is 26.0. The number of rotatable bonds is 10. The van der Waals surface area contributed by atoms with Gasteiger partial charge in [0.05, 0.1) is 0 Å². The van der Waals surface area contributed by atoms with Crippen molar-refractivity contribution >= 4 is 29.1 Å². The van der Waals surface area contributed by atoms with Gasteiger partial charge in [-0.15, -0.1) is 0 Å². The number of hydrogen-bond donors (Lipinski definition) is 2. The zero-order valence-corrected chi connectivity index (χ0v) is 21.3. The fourth-order valence-corrected chi connectivity index (χ4v) is 4.32. The predicted octanol–water partition coefficient (Wildman–Crippen LogP) is 4.12. The molecule has 3 rings (SSSR count). The summed E-state index contributed by atoms with van der Waals surface area (Å²) in [5, 5.41) is 6.43. The average Bonchev–Trinajstić information content (AvgIpc) is 2.82. The number of nitrogens with zero attached hydrogens (tertiary/aromatic N) is 2. The van der Waals surface area contributed by atoms with Crippen LogP contribution in [0.25, 0.3) is 0 Å². The highest BCUT2D eigenvalue weighted by Crippen LogP contribution is 2.18. The molecule has 184 valence electrons. The molecule has 2 aromatic carbocycles. The van der Waals surface area contributed by atoms with E-state index in [-0.39, 0.29) is 17.7 Å². The number of unbranched alkanes of at least 4 members (excludes halogenated alkanes) is 1. The van der Waals surface area contributed by atoms with Crippen molar-refractivity contribution in [3.05, 3.63) is 64.7 Å². The number of amides is 2. The molecule has 0 saturated carbocycles. The Labute approximate surface area is 208 Å². The zero-order chi connectivity index (χ0) is 24.5. The maximum Gasteiger partial charge on any atom is 0.251 e. The van der Waals surface area contributed by atoms with Crippen LogP contribution in [-0.4, -0.2) is 62.0 Å². The Hall–Kier alpha value is -2.57. The van der Waals surface area contributed by atoms with Gasteiger partial charge >= 0.3 is 0 Å². The summed E-state index contributed by atoms with van der Waals surface area (Å²) in [5.41, 5.74) is 3.10. The molecule has 0 bridgehead atoms. The molecule has 7 heteroatoms. The molecule has 1 atom stereocenters. The smallest absolute Gasteiger partial charge is 0.251 e. The van der Waals surface area contributed by atoms with E-state index in [4.69, 9.17) is 11.6 Å². The molecular weight excluding hydrogens is 448 g/mol. The van der Waals surface area contributed by atoms with Crippen molar-refractivity contribution in [3.8, 4) is 0 Å². The highest BCUT2D eigenvalue weighted by Gasteiger charge is 2.24. The Morgan fingerprint density at radius 3 is 2.35 bits per heavy atom. The molecule has 2 aromatic rings. The molecule has 34 heavy (non-hydrogen) atoms. The minimum absolute atomic E-state index is 0.0130. The Kier molecular flexibility index (Phi) is 9.78. The minimum Gasteiger partial charge on any atom is -0.369 e. The van der Waals surface area contributed by atoms with E-state index in [9.17, 15) is 9.59 Å². The Bertz CT molecular complexity index is 940. The molecule has 1 aliphatic rings. The summed E-state index contributed by atoms with van der Waals surface area (Å²) in [6, 6.07) is 14.8. The quantitative estimate of drug-likeness (QED) is 0.498. The van der Waals surface area contributed by atoms with Crippen LogP contribution in [0.15, 0.2) is 48.5 Å². The Balaban J connectivity index is 1.34. The molecule has 0 aromatic heterocycles. The van der Waals surface area contributed by atoms with Crippen LogP contribution in [0.3, 0.4) is 0 Å². The molecule has 2 N–H and O–H groups in total. The van der Waals surface area contributed by atoms with Crippen molar-refractivity contribution < 1.29 is 9.59 Å². The first-order valence-electron chi connectivity index (χ1n) is 12.2. The standard InChI is InChI=1S/C27H37ClN4O2/c1-20(2)25(30-26(33)22-9-11-23(28)12-10-22)27(34)29-13-4-5-14-31-15-17-32(18-16-31)24-8-6-7-21(3)19-24/h6-12,19-20,25H,4-5,13-18H2,1-3H3,(H,29,34)(H,30,33). The van der Waals surface area contributed by atoms with Gasteiger partial charge in [-0.25, -0.2) is 0 Å². The van der Waals surface area contributed by atoms with Crippen LogP contribution >= 0.6 is 11.6 Å². The first-order chi connectivity index (χ1) is 16.3. The zero-order valence-electron chi connectivity index (χ0n) is 20.5. The monoisotopic (exact) mass is 484 g/mol. The lowest BCUT2D eigenvalue weighted by Gasteiger charge is -2.36. The first-order valence-corrected chi connectivity index (χ1v) is 12.6. The summed E-state index contributed by atoms with van der Waals surface area (Å²) < 4.78 is 0. The van der Waals surface area contributed by atoms with E-state index >= 15 is 0 Å². The van der Waals surface area contributed by atoms with Gasteiger partial charge in [0, 0.05) is 49.0 Å². The number of benzene rings is 2. The van der Waals surface area contributed by atoms with E-state index in [1.54, 1.807) is 24.3 Å². The lowest BCUT2D eigenvalue weighted by atomic mass is 10.0. The van der Waals surface area contributed by atoms with Gasteiger partial charge in [0.15, 0.2) is 0 Å². The van der Waals surface area contributed by atoms with Crippen LogP contribution in [0.2, 0.25) is 5.02 Å². The minimum atomic E-state index is -0.571. The van der Waals surface area contributed by atoms with E-state index in [0.717, 1.165) is 45.6 Å². The molecule has 0 spiro atoms. The number of halogens is 1. The van der Waals surface area contributed by atoms with Crippen molar-refractivity contribution in [2.75, 3.05) is 44.2 Å². The third-order valence-electron chi connectivity index (χ3n) is 6.28. The fraction of sp³-hybridized carbons (Fsp3) is 0.481. The van der Waals surface area contributed by atoms with E-state index in [0.29, 0.717) is 17.1 Å². The van der Waals surface area contributed by atoms with E-state index in [1.807, 2.05) is 13.8 Å². The van der Waals surface area contributed by atoms with Crippen molar-refractivity contribution in [3.63, 3.8) is 0 Å². The second-order valence-electron chi connectivity index (χ2n) is 9.37. The van der Waals surface area contributed by atoms with Crippen molar-refractivity contribution in [2.24, 2.45) is 5.92 Å². The van der Waals surface area contributed by atoms with E-state index < -0.39 is 6.04 Å². The topological polar surface area (TPSA) is 64.7 Å². The van der Waals surface area contributed by atoms with Gasteiger partial charge in [0.25, 0.3) is 5.91 Å². The van der Waals surface area contributed by atoms with E-state index in [1.165, 1.54) is 11.3 Å². The third kappa shape index (κ3) is 7.74. The maximum atomic E-state index is 12.7. The second-order valence-corrected chi connectivity index (χ2v) is 9.80. The number of piperazine rings is 1. The van der Waals surface area contributed by atoms with Gasteiger partial charge in [-0.05, 0) is 74.2 Å². The SMILES string of the molecule is Cc1cccc(N2CCN(CCCCNC(=O)C(NC(=O)c3ccc(Cl)cc3)C(C)C)CC2)c1. The lowest BCUT2D eigenvalue weighted by Crippen LogP contribution is -2.50. The summed E-state index contributed by atoms with van der Waals surface area (Å²) in [4.78, 5) is 30.2. The predicted molar refractivity (Wildman–Crippen MR) is 140 cm³/mol. The van der Waals surface area contributed by atoms with Gasteiger partial charge < -0.3 is 15.5 Å². The number of carbonyl (C=O) groups excluding carboxylic acids is 2. The number of hydrogen-bond acceptors (Lipinski definition) is 4. The largest absolute Gasteiger partial charge is 0.369 e.